The van der Waals surface area contributed by atoms with Crippen molar-refractivity contribution in [3.05, 3.63) is 65.7 Å². The molecule has 32 heavy (non-hydrogen) atoms. The number of halogens is 4. The Morgan fingerprint density at radius 2 is 1.69 bits per heavy atom. The molecule has 1 aromatic heterocycles. The normalized spacial score (nSPS) is 11.3. The van der Waals surface area contributed by atoms with E-state index in [4.69, 9.17) is 0 Å². The lowest BCUT2D eigenvalue weighted by Gasteiger charge is -2.09. The number of carbonyl (C=O) groups is 2. The van der Waals surface area contributed by atoms with Gasteiger partial charge in [-0.05, 0) is 42.5 Å². The van der Waals surface area contributed by atoms with Crippen LogP contribution < -0.4 is 10.6 Å². The van der Waals surface area contributed by atoms with Gasteiger partial charge in [0, 0.05) is 18.4 Å². The summed E-state index contributed by atoms with van der Waals surface area (Å²) in [5.41, 5.74) is -0.402. The maximum Gasteiger partial charge on any atom is 0.416 e. The molecule has 0 saturated heterocycles. The lowest BCUT2D eigenvalue weighted by atomic mass is 10.2. The second-order valence-corrected chi connectivity index (χ2v) is 7.55. The summed E-state index contributed by atoms with van der Waals surface area (Å²) in [5.74, 6) is -1.11. The minimum atomic E-state index is -4.51. The molecule has 0 aliphatic carbocycles. The fourth-order valence-electron chi connectivity index (χ4n) is 2.61. The summed E-state index contributed by atoms with van der Waals surface area (Å²) in [6.07, 6.45) is -4.61. The maximum absolute atomic E-state index is 12.9. The number of aromatic nitrogens is 3. The van der Waals surface area contributed by atoms with Crippen molar-refractivity contribution in [3.8, 4) is 0 Å². The van der Waals surface area contributed by atoms with Gasteiger partial charge < -0.3 is 15.2 Å². The molecule has 2 amide bonds. The fourth-order valence-corrected chi connectivity index (χ4v) is 3.34. The molecule has 168 valence electrons. The van der Waals surface area contributed by atoms with Gasteiger partial charge in [-0.2, -0.15) is 13.2 Å². The van der Waals surface area contributed by atoms with Gasteiger partial charge >= 0.3 is 6.18 Å². The predicted molar refractivity (Wildman–Crippen MR) is 111 cm³/mol. The number of carbonyl (C=O) groups excluding carboxylic acids is 2. The summed E-state index contributed by atoms with van der Waals surface area (Å²) in [5, 5.41) is 13.2. The van der Waals surface area contributed by atoms with Crippen LogP contribution in [0.15, 0.2) is 53.7 Å². The number of nitrogens with one attached hydrogen (secondary N) is 2. The summed E-state index contributed by atoms with van der Waals surface area (Å²) >= 11 is 1.02. The molecule has 3 aromatic rings. The van der Waals surface area contributed by atoms with E-state index in [1.165, 1.54) is 41.0 Å². The van der Waals surface area contributed by atoms with E-state index in [0.29, 0.717) is 16.7 Å². The van der Waals surface area contributed by atoms with E-state index in [-0.39, 0.29) is 23.8 Å². The van der Waals surface area contributed by atoms with Gasteiger partial charge in [-0.3, -0.25) is 9.59 Å². The Hall–Kier alpha value is -3.41. The van der Waals surface area contributed by atoms with Crippen LogP contribution in [0.3, 0.4) is 0 Å². The molecule has 7 nitrogen and oxygen atoms in total. The zero-order valence-corrected chi connectivity index (χ0v) is 17.4. The summed E-state index contributed by atoms with van der Waals surface area (Å²) in [4.78, 5) is 24.3. The number of alkyl halides is 3. The lowest BCUT2D eigenvalue weighted by Crippen LogP contribution is -2.17. The molecule has 0 atom stereocenters. The van der Waals surface area contributed by atoms with Crippen molar-refractivity contribution in [1.82, 2.24) is 14.8 Å². The zero-order chi connectivity index (χ0) is 23.3. The van der Waals surface area contributed by atoms with E-state index < -0.39 is 23.5 Å². The van der Waals surface area contributed by atoms with E-state index in [2.05, 4.69) is 20.8 Å². The van der Waals surface area contributed by atoms with E-state index in [1.807, 2.05) is 0 Å². The zero-order valence-electron chi connectivity index (χ0n) is 16.6. The Bertz CT molecular complexity index is 1120. The Balaban J connectivity index is 1.53. The molecule has 12 heteroatoms. The molecule has 0 spiro atoms. The summed E-state index contributed by atoms with van der Waals surface area (Å²) in [6, 6.07) is 9.62. The topological polar surface area (TPSA) is 88.9 Å². The Morgan fingerprint density at radius 3 is 2.38 bits per heavy atom. The molecule has 0 unspecified atom stereocenters. The van der Waals surface area contributed by atoms with Gasteiger partial charge in [0.25, 0.3) is 0 Å². The molecular formula is C20H17F4N5O2S. The van der Waals surface area contributed by atoms with E-state index >= 15 is 0 Å². The second-order valence-electron chi connectivity index (χ2n) is 6.61. The van der Waals surface area contributed by atoms with Crippen LogP contribution >= 0.6 is 11.8 Å². The molecule has 0 fully saturated rings. The first-order chi connectivity index (χ1) is 15.1. The first-order valence-corrected chi connectivity index (χ1v) is 10.1. The highest BCUT2D eigenvalue weighted by atomic mass is 32.2. The van der Waals surface area contributed by atoms with Crippen LogP contribution in [0.5, 0.6) is 0 Å². The van der Waals surface area contributed by atoms with Gasteiger partial charge in [0.05, 0.1) is 17.7 Å². The smallest absolute Gasteiger partial charge is 0.326 e. The third-order valence-corrected chi connectivity index (χ3v) is 5.20. The van der Waals surface area contributed by atoms with Crippen LogP contribution in [-0.2, 0) is 29.2 Å². The Kier molecular flexibility index (Phi) is 7.13. The van der Waals surface area contributed by atoms with Crippen molar-refractivity contribution >= 4 is 35.0 Å². The summed E-state index contributed by atoms with van der Waals surface area (Å²) in [6.45, 7) is 0. The first-order valence-electron chi connectivity index (χ1n) is 9.15. The number of benzene rings is 2. The highest BCUT2D eigenvalue weighted by Crippen LogP contribution is 2.30. The molecule has 0 bridgehead atoms. The predicted octanol–water partition coefficient (Wildman–Crippen LogP) is 3.89. The van der Waals surface area contributed by atoms with Crippen LogP contribution in [0.25, 0.3) is 0 Å². The van der Waals surface area contributed by atoms with Crippen molar-refractivity contribution in [2.75, 3.05) is 16.4 Å². The van der Waals surface area contributed by atoms with Gasteiger partial charge in [0.1, 0.15) is 11.6 Å². The average Bonchev–Trinajstić information content (AvgIpc) is 3.07. The number of amides is 2. The molecule has 1 heterocycles. The quantitative estimate of drug-likeness (QED) is 0.407. The van der Waals surface area contributed by atoms with Crippen molar-refractivity contribution in [1.29, 1.82) is 0 Å². The van der Waals surface area contributed by atoms with E-state index in [9.17, 15) is 27.2 Å². The molecular weight excluding hydrogens is 450 g/mol. The van der Waals surface area contributed by atoms with Gasteiger partial charge in [-0.15, -0.1) is 10.2 Å². The Morgan fingerprint density at radius 1 is 1.00 bits per heavy atom. The van der Waals surface area contributed by atoms with E-state index in [0.717, 1.165) is 23.9 Å². The molecule has 2 N–H and O–H groups in total. The number of rotatable bonds is 7. The average molecular weight is 467 g/mol. The first kappa shape index (κ1) is 23.3. The van der Waals surface area contributed by atoms with Crippen LogP contribution in [0.2, 0.25) is 0 Å². The molecule has 3 rings (SSSR count). The van der Waals surface area contributed by atoms with Crippen LogP contribution in [0, 0.1) is 5.82 Å². The molecule has 0 radical (unpaired) electrons. The monoisotopic (exact) mass is 467 g/mol. The van der Waals surface area contributed by atoms with Crippen LogP contribution in [0.1, 0.15) is 11.4 Å². The maximum atomic E-state index is 12.9. The second kappa shape index (κ2) is 9.81. The van der Waals surface area contributed by atoms with Crippen molar-refractivity contribution in [2.24, 2.45) is 7.05 Å². The minimum Gasteiger partial charge on any atom is -0.326 e. The SMILES string of the molecule is Cn1c(CC(=O)Nc2ccc(F)cc2)nnc1SCC(=O)Nc1cccc(C(F)(F)F)c1. The van der Waals surface area contributed by atoms with E-state index in [1.54, 1.807) is 7.05 Å². The molecule has 0 saturated carbocycles. The van der Waals surface area contributed by atoms with Gasteiger partial charge in [-0.25, -0.2) is 4.39 Å². The number of hydrogen-bond donors (Lipinski definition) is 2. The summed E-state index contributed by atoms with van der Waals surface area (Å²) in [7, 11) is 1.62. The Labute approximate surface area is 184 Å². The number of anilines is 2. The molecule has 2 aromatic carbocycles. The van der Waals surface area contributed by atoms with Gasteiger partial charge in [-0.1, -0.05) is 17.8 Å². The molecule has 0 aliphatic rings. The number of nitrogens with zero attached hydrogens (tertiary/aromatic N) is 3. The highest BCUT2D eigenvalue weighted by Gasteiger charge is 2.30. The number of hydrogen-bond acceptors (Lipinski definition) is 5. The summed E-state index contributed by atoms with van der Waals surface area (Å²) < 4.78 is 52.8. The third-order valence-electron chi connectivity index (χ3n) is 4.18. The van der Waals surface area contributed by atoms with Crippen molar-refractivity contribution < 1.29 is 27.2 Å². The lowest BCUT2D eigenvalue weighted by molar-refractivity contribution is -0.137. The van der Waals surface area contributed by atoms with Crippen LogP contribution in [0.4, 0.5) is 28.9 Å². The fraction of sp³-hybridized carbons (Fsp3) is 0.200. The third kappa shape index (κ3) is 6.30. The van der Waals surface area contributed by atoms with Gasteiger partial charge in [0.2, 0.25) is 11.8 Å². The van der Waals surface area contributed by atoms with Crippen molar-refractivity contribution in [3.63, 3.8) is 0 Å². The van der Waals surface area contributed by atoms with Gasteiger partial charge in [0.15, 0.2) is 5.16 Å². The standard InChI is InChI=1S/C20H17F4N5O2S/c1-29-16(10-17(30)25-14-7-5-13(21)6-8-14)27-28-19(29)32-11-18(31)26-15-4-2-3-12(9-15)20(22,23)24/h2-9H,10-11H2,1H3,(H,25,30)(H,26,31). The minimum absolute atomic E-state index is 0.0292. The van der Waals surface area contributed by atoms with Crippen LogP contribution in [-0.4, -0.2) is 32.3 Å². The largest absolute Gasteiger partial charge is 0.416 e. The molecule has 0 aliphatic heterocycles. The number of thioether (sulfide) groups is 1. The van der Waals surface area contributed by atoms with Crippen molar-refractivity contribution in [2.45, 2.75) is 17.8 Å². The highest BCUT2D eigenvalue weighted by molar-refractivity contribution is 7.99.